The molecule has 0 saturated heterocycles. The molecule has 0 saturated carbocycles. The number of nitrogens with zero attached hydrogens (tertiary/aromatic N) is 1. The van der Waals surface area contributed by atoms with Gasteiger partial charge in [-0.15, -0.1) is 0 Å². The van der Waals surface area contributed by atoms with E-state index in [1.165, 1.54) is 0 Å². The summed E-state index contributed by atoms with van der Waals surface area (Å²) < 4.78 is 0. The van der Waals surface area contributed by atoms with Crippen molar-refractivity contribution in [2.45, 2.75) is 27.7 Å². The van der Waals surface area contributed by atoms with Crippen LogP contribution in [-0.2, 0) is 4.79 Å². The van der Waals surface area contributed by atoms with Crippen LogP contribution in [0.3, 0.4) is 0 Å². The van der Waals surface area contributed by atoms with Crippen molar-refractivity contribution in [1.29, 1.82) is 0 Å². The second-order valence-electron chi connectivity index (χ2n) is 4.72. The standard InChI is InChI=1S/C10H22N2O/c1-8(2)9(13)12(5)7-10(3,4)6-11/h8H,6-7,11H2,1-5H3. The van der Waals surface area contributed by atoms with E-state index in [-0.39, 0.29) is 17.2 Å². The van der Waals surface area contributed by atoms with Crippen molar-refractivity contribution < 1.29 is 4.79 Å². The largest absolute Gasteiger partial charge is 0.345 e. The first-order chi connectivity index (χ1) is 5.80. The monoisotopic (exact) mass is 186 g/mol. The summed E-state index contributed by atoms with van der Waals surface area (Å²) in [6.45, 7) is 9.28. The molecule has 0 spiro atoms. The van der Waals surface area contributed by atoms with Gasteiger partial charge < -0.3 is 10.6 Å². The highest BCUT2D eigenvalue weighted by molar-refractivity contribution is 5.77. The number of nitrogens with two attached hydrogens (primary N) is 1. The van der Waals surface area contributed by atoms with E-state index in [1.807, 2.05) is 20.9 Å². The van der Waals surface area contributed by atoms with Gasteiger partial charge in [-0.3, -0.25) is 4.79 Å². The van der Waals surface area contributed by atoms with Crippen LogP contribution >= 0.6 is 0 Å². The first-order valence-corrected chi connectivity index (χ1v) is 4.75. The molecule has 0 rings (SSSR count). The van der Waals surface area contributed by atoms with Crippen molar-refractivity contribution >= 4 is 5.91 Å². The van der Waals surface area contributed by atoms with Crippen molar-refractivity contribution in [2.75, 3.05) is 20.1 Å². The summed E-state index contributed by atoms with van der Waals surface area (Å²) in [6, 6.07) is 0. The van der Waals surface area contributed by atoms with Gasteiger partial charge in [0.15, 0.2) is 0 Å². The lowest BCUT2D eigenvalue weighted by atomic mass is 9.93. The maximum Gasteiger partial charge on any atom is 0.224 e. The Bertz CT molecular complexity index is 176. The smallest absolute Gasteiger partial charge is 0.224 e. The Morgan fingerprint density at radius 3 is 2.23 bits per heavy atom. The summed E-state index contributed by atoms with van der Waals surface area (Å²) in [6.07, 6.45) is 0. The normalized spacial score (nSPS) is 11.9. The minimum absolute atomic E-state index is 0.0132. The number of rotatable bonds is 4. The van der Waals surface area contributed by atoms with E-state index < -0.39 is 0 Å². The number of hydrogen-bond acceptors (Lipinski definition) is 2. The van der Waals surface area contributed by atoms with Crippen LogP contribution in [0.5, 0.6) is 0 Å². The molecule has 0 bridgehead atoms. The first kappa shape index (κ1) is 12.4. The van der Waals surface area contributed by atoms with Crippen LogP contribution in [0.2, 0.25) is 0 Å². The third kappa shape index (κ3) is 4.27. The second-order valence-corrected chi connectivity index (χ2v) is 4.72. The third-order valence-corrected chi connectivity index (χ3v) is 2.09. The van der Waals surface area contributed by atoms with Crippen molar-refractivity contribution in [1.82, 2.24) is 4.90 Å². The fourth-order valence-corrected chi connectivity index (χ4v) is 1.23. The van der Waals surface area contributed by atoms with Crippen LogP contribution in [0.4, 0.5) is 0 Å². The number of hydrogen-bond donors (Lipinski definition) is 1. The molecule has 0 aromatic rings. The molecule has 0 fully saturated rings. The summed E-state index contributed by atoms with van der Waals surface area (Å²) in [4.78, 5) is 13.3. The zero-order chi connectivity index (χ0) is 10.6. The number of amides is 1. The van der Waals surface area contributed by atoms with E-state index in [1.54, 1.807) is 4.90 Å². The Morgan fingerprint density at radius 2 is 1.92 bits per heavy atom. The third-order valence-electron chi connectivity index (χ3n) is 2.09. The highest BCUT2D eigenvalue weighted by Gasteiger charge is 2.22. The molecule has 0 aliphatic rings. The molecule has 0 heterocycles. The lowest BCUT2D eigenvalue weighted by Crippen LogP contribution is -2.41. The summed E-state index contributed by atoms with van der Waals surface area (Å²) in [5.74, 6) is 0.250. The average Bonchev–Trinajstić information content (AvgIpc) is 2.02. The fraction of sp³-hybridized carbons (Fsp3) is 0.900. The summed E-state index contributed by atoms with van der Waals surface area (Å²) >= 11 is 0. The van der Waals surface area contributed by atoms with Crippen molar-refractivity contribution in [3.63, 3.8) is 0 Å². The molecule has 3 nitrogen and oxygen atoms in total. The number of carbonyl (C=O) groups is 1. The Kier molecular flexibility index (Phi) is 4.40. The van der Waals surface area contributed by atoms with Crippen molar-refractivity contribution in [2.24, 2.45) is 17.1 Å². The van der Waals surface area contributed by atoms with Gasteiger partial charge >= 0.3 is 0 Å². The molecule has 78 valence electrons. The lowest BCUT2D eigenvalue weighted by Gasteiger charge is -2.30. The summed E-state index contributed by atoms with van der Waals surface area (Å²) in [7, 11) is 1.83. The van der Waals surface area contributed by atoms with E-state index in [2.05, 4.69) is 13.8 Å². The van der Waals surface area contributed by atoms with Crippen LogP contribution in [0.15, 0.2) is 0 Å². The lowest BCUT2D eigenvalue weighted by molar-refractivity contribution is -0.134. The SMILES string of the molecule is CC(C)C(=O)N(C)CC(C)(C)CN. The maximum atomic E-state index is 11.5. The quantitative estimate of drug-likeness (QED) is 0.714. The predicted octanol–water partition coefficient (Wildman–Crippen LogP) is 1.09. The van der Waals surface area contributed by atoms with Crippen molar-refractivity contribution in [3.05, 3.63) is 0 Å². The van der Waals surface area contributed by atoms with Gasteiger partial charge in [0.1, 0.15) is 0 Å². The van der Waals surface area contributed by atoms with E-state index in [9.17, 15) is 4.79 Å². The molecule has 0 atom stereocenters. The molecule has 0 aliphatic heterocycles. The predicted molar refractivity (Wildman–Crippen MR) is 55.3 cm³/mol. The topological polar surface area (TPSA) is 46.3 Å². The molecule has 2 N–H and O–H groups in total. The Balaban J connectivity index is 4.15. The minimum atomic E-state index is 0.0132. The molecular weight excluding hydrogens is 164 g/mol. The Hall–Kier alpha value is -0.570. The van der Waals surface area contributed by atoms with Crippen LogP contribution in [-0.4, -0.2) is 30.9 Å². The Labute approximate surface area is 81.3 Å². The zero-order valence-corrected chi connectivity index (χ0v) is 9.42. The van der Waals surface area contributed by atoms with Gasteiger partial charge in [0, 0.05) is 19.5 Å². The molecule has 0 radical (unpaired) electrons. The van der Waals surface area contributed by atoms with E-state index in [4.69, 9.17) is 5.73 Å². The van der Waals surface area contributed by atoms with Gasteiger partial charge in [-0.25, -0.2) is 0 Å². The van der Waals surface area contributed by atoms with Gasteiger partial charge in [0.25, 0.3) is 0 Å². The molecule has 0 aliphatic carbocycles. The van der Waals surface area contributed by atoms with Crippen molar-refractivity contribution in [3.8, 4) is 0 Å². The van der Waals surface area contributed by atoms with Crippen LogP contribution < -0.4 is 5.73 Å². The Morgan fingerprint density at radius 1 is 1.46 bits per heavy atom. The maximum absolute atomic E-state index is 11.5. The van der Waals surface area contributed by atoms with Crippen LogP contribution in [0, 0.1) is 11.3 Å². The van der Waals surface area contributed by atoms with E-state index >= 15 is 0 Å². The second kappa shape index (κ2) is 4.61. The highest BCUT2D eigenvalue weighted by Crippen LogP contribution is 2.15. The average molecular weight is 186 g/mol. The molecule has 0 aromatic heterocycles. The molecule has 0 aromatic carbocycles. The van der Waals surface area contributed by atoms with E-state index in [0.29, 0.717) is 6.54 Å². The summed E-state index contributed by atoms with van der Waals surface area (Å²) in [5.41, 5.74) is 5.61. The van der Waals surface area contributed by atoms with Gasteiger partial charge in [0.2, 0.25) is 5.91 Å². The molecule has 1 amide bonds. The van der Waals surface area contributed by atoms with E-state index in [0.717, 1.165) is 6.54 Å². The van der Waals surface area contributed by atoms with Gasteiger partial charge in [0.05, 0.1) is 0 Å². The van der Waals surface area contributed by atoms with Crippen LogP contribution in [0.25, 0.3) is 0 Å². The van der Waals surface area contributed by atoms with Gasteiger partial charge in [-0.1, -0.05) is 27.7 Å². The van der Waals surface area contributed by atoms with Crippen LogP contribution in [0.1, 0.15) is 27.7 Å². The minimum Gasteiger partial charge on any atom is -0.345 e. The first-order valence-electron chi connectivity index (χ1n) is 4.75. The molecule has 0 unspecified atom stereocenters. The molecule has 3 heteroatoms. The molecular formula is C10H22N2O. The number of carbonyl (C=O) groups excluding carboxylic acids is 1. The van der Waals surface area contributed by atoms with Gasteiger partial charge in [-0.2, -0.15) is 0 Å². The fourth-order valence-electron chi connectivity index (χ4n) is 1.23. The molecule has 13 heavy (non-hydrogen) atoms. The zero-order valence-electron chi connectivity index (χ0n) is 9.42. The summed E-state index contributed by atoms with van der Waals surface area (Å²) in [5, 5.41) is 0. The van der Waals surface area contributed by atoms with Gasteiger partial charge in [-0.05, 0) is 12.0 Å². The highest BCUT2D eigenvalue weighted by atomic mass is 16.2.